The second-order valence-corrected chi connectivity index (χ2v) is 4.33. The lowest BCUT2D eigenvalue weighted by atomic mass is 10.0. The molecule has 0 saturated heterocycles. The summed E-state index contributed by atoms with van der Waals surface area (Å²) >= 11 is 0. The lowest BCUT2D eigenvalue weighted by molar-refractivity contribution is -0.137. The predicted molar refractivity (Wildman–Crippen MR) is 65.1 cm³/mol. The summed E-state index contributed by atoms with van der Waals surface area (Å²) in [4.78, 5) is 23.5. The normalized spacial score (nSPS) is 10.4. The summed E-state index contributed by atoms with van der Waals surface area (Å²) in [7, 11) is 1.48. The fourth-order valence-corrected chi connectivity index (χ4v) is 1.51. The van der Waals surface area contributed by atoms with Gasteiger partial charge in [-0.2, -0.15) is 0 Å². The second kappa shape index (κ2) is 5.48. The molecule has 0 aliphatic heterocycles. The summed E-state index contributed by atoms with van der Waals surface area (Å²) in [6, 6.07) is 7.26. The highest BCUT2D eigenvalue weighted by Gasteiger charge is 2.14. The van der Waals surface area contributed by atoms with Gasteiger partial charge in [-0.1, -0.05) is 26.0 Å². The molecule has 0 saturated carbocycles. The number of amides is 1. The number of carbonyl (C=O) groups excluding carboxylic acids is 1. The number of benzene rings is 1. The Hall–Kier alpha value is -1.84. The topological polar surface area (TPSA) is 57.6 Å². The SMILES string of the molecule is CC(C)c1ccc(C(=O)N(C)CC(=O)O)cc1. The average molecular weight is 235 g/mol. The Kier molecular flexibility index (Phi) is 4.26. The van der Waals surface area contributed by atoms with Crippen LogP contribution in [0, 0.1) is 0 Å². The monoisotopic (exact) mass is 235 g/mol. The summed E-state index contributed by atoms with van der Waals surface area (Å²) in [6.45, 7) is 3.87. The van der Waals surface area contributed by atoms with Gasteiger partial charge >= 0.3 is 5.97 Å². The maximum atomic E-state index is 11.8. The van der Waals surface area contributed by atoms with Crippen molar-refractivity contribution in [2.75, 3.05) is 13.6 Å². The first kappa shape index (κ1) is 13.2. The van der Waals surface area contributed by atoms with E-state index in [-0.39, 0.29) is 12.5 Å². The molecule has 0 radical (unpaired) electrons. The van der Waals surface area contributed by atoms with Crippen LogP contribution in [0.3, 0.4) is 0 Å². The molecule has 0 bridgehead atoms. The third-order valence-electron chi connectivity index (χ3n) is 2.54. The minimum Gasteiger partial charge on any atom is -0.480 e. The molecule has 1 aromatic rings. The third kappa shape index (κ3) is 3.59. The largest absolute Gasteiger partial charge is 0.480 e. The second-order valence-electron chi connectivity index (χ2n) is 4.33. The zero-order valence-electron chi connectivity index (χ0n) is 10.3. The molecular weight excluding hydrogens is 218 g/mol. The molecule has 0 unspecified atom stereocenters. The van der Waals surface area contributed by atoms with E-state index in [2.05, 4.69) is 13.8 Å². The first-order valence-corrected chi connectivity index (χ1v) is 5.49. The van der Waals surface area contributed by atoms with Crippen molar-refractivity contribution in [3.05, 3.63) is 35.4 Å². The van der Waals surface area contributed by atoms with Gasteiger partial charge in [-0.25, -0.2) is 0 Å². The smallest absolute Gasteiger partial charge is 0.323 e. The number of rotatable bonds is 4. The molecule has 0 aliphatic carbocycles. The van der Waals surface area contributed by atoms with E-state index in [1.807, 2.05) is 12.1 Å². The molecule has 0 fully saturated rings. The Morgan fingerprint density at radius 3 is 2.18 bits per heavy atom. The Labute approximate surface area is 101 Å². The minimum absolute atomic E-state index is 0.275. The van der Waals surface area contributed by atoms with Crippen LogP contribution in [0.15, 0.2) is 24.3 Å². The fraction of sp³-hybridized carbons (Fsp3) is 0.385. The van der Waals surface area contributed by atoms with Gasteiger partial charge in [0.25, 0.3) is 5.91 Å². The average Bonchev–Trinajstić information content (AvgIpc) is 2.27. The molecule has 4 nitrogen and oxygen atoms in total. The van der Waals surface area contributed by atoms with Gasteiger partial charge in [0.15, 0.2) is 0 Å². The first-order chi connectivity index (χ1) is 7.91. The Morgan fingerprint density at radius 2 is 1.76 bits per heavy atom. The molecule has 1 N–H and O–H groups in total. The van der Waals surface area contributed by atoms with E-state index in [9.17, 15) is 9.59 Å². The van der Waals surface area contributed by atoms with Gasteiger partial charge < -0.3 is 10.0 Å². The van der Waals surface area contributed by atoms with E-state index in [0.717, 1.165) is 5.56 Å². The van der Waals surface area contributed by atoms with Crippen LogP contribution in [0.2, 0.25) is 0 Å². The molecule has 17 heavy (non-hydrogen) atoms. The van der Waals surface area contributed by atoms with E-state index < -0.39 is 5.97 Å². The minimum atomic E-state index is -1.01. The van der Waals surface area contributed by atoms with Crippen LogP contribution < -0.4 is 0 Å². The fourth-order valence-electron chi connectivity index (χ4n) is 1.51. The van der Waals surface area contributed by atoms with Crippen molar-refractivity contribution in [1.82, 2.24) is 4.90 Å². The number of carbonyl (C=O) groups is 2. The van der Waals surface area contributed by atoms with Crippen molar-refractivity contribution in [2.24, 2.45) is 0 Å². The van der Waals surface area contributed by atoms with Crippen molar-refractivity contribution < 1.29 is 14.7 Å². The van der Waals surface area contributed by atoms with Gasteiger partial charge in [0.2, 0.25) is 0 Å². The van der Waals surface area contributed by atoms with Crippen molar-refractivity contribution >= 4 is 11.9 Å². The van der Waals surface area contributed by atoms with E-state index >= 15 is 0 Å². The quantitative estimate of drug-likeness (QED) is 0.868. The maximum absolute atomic E-state index is 11.8. The lowest BCUT2D eigenvalue weighted by Crippen LogP contribution is -2.31. The van der Waals surface area contributed by atoms with Crippen LogP contribution in [-0.2, 0) is 4.79 Å². The summed E-state index contributed by atoms with van der Waals surface area (Å²) in [5.41, 5.74) is 1.67. The maximum Gasteiger partial charge on any atom is 0.323 e. The van der Waals surface area contributed by atoms with E-state index in [1.54, 1.807) is 12.1 Å². The number of likely N-dealkylation sites (N-methyl/N-ethyl adjacent to an activating group) is 1. The highest BCUT2D eigenvalue weighted by Crippen LogP contribution is 2.15. The zero-order valence-corrected chi connectivity index (χ0v) is 10.3. The number of aliphatic carboxylic acids is 1. The van der Waals surface area contributed by atoms with Gasteiger partial charge in [-0.05, 0) is 23.6 Å². The summed E-state index contributed by atoms with van der Waals surface area (Å²) in [5, 5.41) is 8.60. The third-order valence-corrected chi connectivity index (χ3v) is 2.54. The van der Waals surface area contributed by atoms with Crippen LogP contribution in [0.25, 0.3) is 0 Å². The van der Waals surface area contributed by atoms with Crippen LogP contribution in [-0.4, -0.2) is 35.5 Å². The standard InChI is InChI=1S/C13H17NO3/c1-9(2)10-4-6-11(7-5-10)13(17)14(3)8-12(15)16/h4-7,9H,8H2,1-3H3,(H,15,16). The number of carboxylic acids is 1. The number of hydrogen-bond donors (Lipinski definition) is 1. The van der Waals surface area contributed by atoms with Crippen LogP contribution in [0.4, 0.5) is 0 Å². The van der Waals surface area contributed by atoms with Gasteiger partial charge in [0.05, 0.1) is 0 Å². The highest BCUT2D eigenvalue weighted by molar-refractivity contribution is 5.95. The van der Waals surface area contributed by atoms with Crippen molar-refractivity contribution in [1.29, 1.82) is 0 Å². The molecule has 1 rings (SSSR count). The van der Waals surface area contributed by atoms with Crippen LogP contribution in [0.5, 0.6) is 0 Å². The Morgan fingerprint density at radius 1 is 1.24 bits per heavy atom. The molecule has 0 aliphatic rings. The van der Waals surface area contributed by atoms with Gasteiger partial charge in [0, 0.05) is 12.6 Å². The molecule has 0 heterocycles. The van der Waals surface area contributed by atoms with E-state index in [4.69, 9.17) is 5.11 Å². The van der Waals surface area contributed by atoms with Crippen molar-refractivity contribution in [2.45, 2.75) is 19.8 Å². The van der Waals surface area contributed by atoms with Crippen molar-refractivity contribution in [3.63, 3.8) is 0 Å². The predicted octanol–water partition coefficient (Wildman–Crippen LogP) is 1.97. The van der Waals surface area contributed by atoms with Gasteiger partial charge in [0.1, 0.15) is 6.54 Å². The molecule has 92 valence electrons. The van der Waals surface area contributed by atoms with Gasteiger partial charge in [-0.3, -0.25) is 9.59 Å². The number of carboxylic acid groups (broad SMARTS) is 1. The van der Waals surface area contributed by atoms with Crippen LogP contribution >= 0.6 is 0 Å². The van der Waals surface area contributed by atoms with E-state index in [1.165, 1.54) is 11.9 Å². The number of nitrogens with zero attached hydrogens (tertiary/aromatic N) is 1. The molecule has 1 amide bonds. The summed E-state index contributed by atoms with van der Waals surface area (Å²) in [5.74, 6) is -0.877. The molecule has 1 aromatic carbocycles. The van der Waals surface area contributed by atoms with E-state index in [0.29, 0.717) is 11.5 Å². The molecule has 0 atom stereocenters. The molecular formula is C13H17NO3. The lowest BCUT2D eigenvalue weighted by Gasteiger charge is -2.15. The Balaban J connectivity index is 2.79. The molecule has 0 aromatic heterocycles. The Bertz CT molecular complexity index is 409. The highest BCUT2D eigenvalue weighted by atomic mass is 16.4. The van der Waals surface area contributed by atoms with Gasteiger partial charge in [-0.15, -0.1) is 0 Å². The van der Waals surface area contributed by atoms with Crippen LogP contribution in [0.1, 0.15) is 35.7 Å². The summed E-state index contributed by atoms with van der Waals surface area (Å²) in [6.07, 6.45) is 0. The number of hydrogen-bond acceptors (Lipinski definition) is 2. The van der Waals surface area contributed by atoms with Crippen molar-refractivity contribution in [3.8, 4) is 0 Å². The summed E-state index contributed by atoms with van der Waals surface area (Å²) < 4.78 is 0. The first-order valence-electron chi connectivity index (χ1n) is 5.49. The zero-order chi connectivity index (χ0) is 13.0. The molecule has 4 heteroatoms. The molecule has 0 spiro atoms.